The number of thiazole rings is 1. The van der Waals surface area contributed by atoms with Crippen molar-refractivity contribution < 1.29 is 22.4 Å². The number of aliphatic imine (C=N–C) groups is 1. The molecule has 1 fully saturated rings. The molecule has 0 saturated heterocycles. The number of benzene rings is 2. The number of carbonyl (C=O) groups is 1. The van der Waals surface area contributed by atoms with Crippen LogP contribution in [0.5, 0.6) is 0 Å². The van der Waals surface area contributed by atoms with E-state index in [0.29, 0.717) is 39.6 Å². The lowest BCUT2D eigenvalue weighted by molar-refractivity contribution is -0.160. The largest absolute Gasteiger partial charge is 0.439 e. The Morgan fingerprint density at radius 2 is 1.76 bits per heavy atom. The fourth-order valence-corrected chi connectivity index (χ4v) is 6.64. The molecule has 45 heavy (non-hydrogen) atoms. The highest BCUT2D eigenvalue weighted by Gasteiger charge is 2.66. The van der Waals surface area contributed by atoms with Crippen molar-refractivity contribution in [3.63, 3.8) is 0 Å². The van der Waals surface area contributed by atoms with Crippen molar-refractivity contribution in [3.05, 3.63) is 101 Å². The molecule has 3 aromatic heterocycles. The summed E-state index contributed by atoms with van der Waals surface area (Å²) in [7, 11) is 0. The molecule has 1 amide bonds. The topological polar surface area (TPSA) is 105 Å². The lowest BCUT2D eigenvalue weighted by Gasteiger charge is -2.15. The maximum atomic E-state index is 14.1. The molecule has 0 spiro atoms. The number of furan rings is 1. The van der Waals surface area contributed by atoms with E-state index in [2.05, 4.69) is 25.6 Å². The molecule has 0 unspecified atom stereocenters. The van der Waals surface area contributed by atoms with Crippen molar-refractivity contribution in [1.29, 1.82) is 0 Å². The number of para-hydroxylation sites is 1. The van der Waals surface area contributed by atoms with Crippen molar-refractivity contribution in [1.82, 2.24) is 15.0 Å². The minimum atomic E-state index is -4.42. The predicted octanol–water partition coefficient (Wildman–Crippen LogP) is 7.55. The molecule has 2 N–H and O–H groups in total. The third kappa shape index (κ3) is 5.18. The summed E-state index contributed by atoms with van der Waals surface area (Å²) in [6.45, 7) is 3.70. The molecule has 12 heteroatoms. The summed E-state index contributed by atoms with van der Waals surface area (Å²) in [5.41, 5.74) is 2.33. The smallest absolute Gasteiger partial charge is 0.400 e. The second-order valence-electron chi connectivity index (χ2n) is 11.1. The number of alkyl halides is 3. The van der Waals surface area contributed by atoms with Crippen LogP contribution in [0.3, 0.4) is 0 Å². The van der Waals surface area contributed by atoms with E-state index in [1.54, 1.807) is 25.4 Å². The van der Waals surface area contributed by atoms with Crippen molar-refractivity contribution in [2.45, 2.75) is 50.9 Å². The van der Waals surface area contributed by atoms with Crippen LogP contribution < -0.4 is 10.6 Å². The Hall–Kier alpha value is -4.84. The number of rotatable bonds is 7. The first-order valence-electron chi connectivity index (χ1n) is 14.5. The molecule has 1 atom stereocenters. The zero-order valence-electron chi connectivity index (χ0n) is 24.3. The maximum absolute atomic E-state index is 14.1. The van der Waals surface area contributed by atoms with Crippen LogP contribution in [0.15, 0.2) is 82.5 Å². The van der Waals surface area contributed by atoms with Crippen LogP contribution in [0.1, 0.15) is 47.3 Å². The molecule has 0 radical (unpaired) electrons. The molecule has 8 nitrogen and oxygen atoms in total. The van der Waals surface area contributed by atoms with E-state index in [1.807, 2.05) is 61.5 Å². The summed E-state index contributed by atoms with van der Waals surface area (Å²) < 4.78 is 48.6. The minimum absolute atomic E-state index is 0.0128. The first-order chi connectivity index (χ1) is 21.7. The average molecular weight is 629 g/mol. The van der Waals surface area contributed by atoms with E-state index in [9.17, 15) is 18.0 Å². The minimum Gasteiger partial charge on any atom is -0.439 e. The summed E-state index contributed by atoms with van der Waals surface area (Å²) in [5, 5.41) is 6.05. The second-order valence-corrected chi connectivity index (χ2v) is 12.1. The summed E-state index contributed by atoms with van der Waals surface area (Å²) in [6, 6.07) is 18.7. The zero-order valence-corrected chi connectivity index (χ0v) is 25.1. The van der Waals surface area contributed by atoms with E-state index in [4.69, 9.17) is 9.41 Å². The maximum Gasteiger partial charge on any atom is 0.400 e. The van der Waals surface area contributed by atoms with Gasteiger partial charge in [-0.1, -0.05) is 55.5 Å². The average Bonchev–Trinajstić information content (AvgIpc) is 3.67. The summed E-state index contributed by atoms with van der Waals surface area (Å²) >= 11 is 0.985. The highest BCUT2D eigenvalue weighted by Crippen LogP contribution is 2.61. The molecule has 1 aliphatic heterocycles. The number of nitrogens with zero attached hydrogens (tertiary/aromatic N) is 4. The Morgan fingerprint density at radius 3 is 2.44 bits per heavy atom. The number of carbonyl (C=O) groups excluding carboxylic acids is 1. The molecule has 1 saturated carbocycles. The standard InChI is InChI=1S/C33H27F3N6O2S/c1-3-24-37-16-20(17-38-24)27-26(41-31(45-27)32(13-14-32)33(34,35)36)23-15-18(2)30(44-23)42-28-29(43)39-22-12-8-7-11-21(22)25(40-28)19-9-5-4-6-10-19/h4-12,15-17,28,42H,3,13-14H2,1-2H3,(H,39,43)/t28-/m1/s1. The van der Waals surface area contributed by atoms with Crippen molar-refractivity contribution in [2.24, 2.45) is 4.99 Å². The van der Waals surface area contributed by atoms with Gasteiger partial charge in [0.25, 0.3) is 5.91 Å². The number of aromatic nitrogens is 3. The number of amides is 1. The number of fused-ring (bicyclic) bond motifs is 1. The van der Waals surface area contributed by atoms with Crippen LogP contribution in [-0.2, 0) is 16.6 Å². The lowest BCUT2D eigenvalue weighted by atomic mass is 10.0. The first kappa shape index (κ1) is 28.9. The number of hydrogen-bond acceptors (Lipinski definition) is 8. The monoisotopic (exact) mass is 628 g/mol. The first-order valence-corrected chi connectivity index (χ1v) is 15.3. The fourth-order valence-electron chi connectivity index (χ4n) is 5.33. The fraction of sp³-hybridized carbons (Fsp3) is 0.242. The Kier molecular flexibility index (Phi) is 7.03. The predicted molar refractivity (Wildman–Crippen MR) is 166 cm³/mol. The third-order valence-corrected chi connectivity index (χ3v) is 9.33. The number of aryl methyl sites for hydroxylation is 2. The Balaban J connectivity index is 1.28. The van der Waals surface area contributed by atoms with E-state index < -0.39 is 23.7 Å². The molecule has 1 aliphatic carbocycles. The normalized spacial score (nSPS) is 17.2. The van der Waals surface area contributed by atoms with E-state index >= 15 is 0 Å². The van der Waals surface area contributed by atoms with E-state index in [1.165, 1.54) is 0 Å². The Morgan fingerprint density at radius 1 is 1.04 bits per heavy atom. The molecule has 228 valence electrons. The molecule has 4 heterocycles. The number of hydrogen-bond donors (Lipinski definition) is 2. The third-order valence-electron chi connectivity index (χ3n) is 8.03. The summed E-state index contributed by atoms with van der Waals surface area (Å²) in [5.74, 6) is 0.742. The summed E-state index contributed by atoms with van der Waals surface area (Å²) in [4.78, 5) is 31.9. The van der Waals surface area contributed by atoms with Crippen LogP contribution in [0.2, 0.25) is 0 Å². The van der Waals surface area contributed by atoms with Gasteiger partial charge in [0.15, 0.2) is 11.6 Å². The molecule has 0 bridgehead atoms. The van der Waals surface area contributed by atoms with Gasteiger partial charge in [-0.15, -0.1) is 11.3 Å². The van der Waals surface area contributed by atoms with Crippen LogP contribution >= 0.6 is 11.3 Å². The lowest BCUT2D eigenvalue weighted by Crippen LogP contribution is -2.32. The van der Waals surface area contributed by atoms with Crippen LogP contribution in [-0.4, -0.2) is 38.9 Å². The SMILES string of the molecule is CCc1ncc(-c2sc(C3(C(F)(F)F)CC3)nc2-c2cc(C)c(N[C@H]3N=C(c4ccccc4)c4ccccc4NC3=O)o2)cn1. The van der Waals surface area contributed by atoms with Crippen molar-refractivity contribution in [3.8, 4) is 21.9 Å². The van der Waals surface area contributed by atoms with Gasteiger partial charge >= 0.3 is 6.18 Å². The van der Waals surface area contributed by atoms with Gasteiger partial charge in [-0.3, -0.25) is 4.79 Å². The molecule has 7 rings (SSSR count). The number of anilines is 2. The van der Waals surface area contributed by atoms with Gasteiger partial charge in [0, 0.05) is 41.1 Å². The highest BCUT2D eigenvalue weighted by atomic mass is 32.1. The highest BCUT2D eigenvalue weighted by molar-refractivity contribution is 7.16. The molecule has 5 aromatic rings. The molecule has 2 aliphatic rings. The van der Waals surface area contributed by atoms with Gasteiger partial charge in [-0.25, -0.2) is 19.9 Å². The van der Waals surface area contributed by atoms with Gasteiger partial charge in [0.2, 0.25) is 6.17 Å². The number of nitrogens with one attached hydrogen (secondary N) is 2. The van der Waals surface area contributed by atoms with Gasteiger partial charge in [-0.05, 0) is 31.9 Å². The van der Waals surface area contributed by atoms with Crippen LogP contribution in [0, 0.1) is 6.92 Å². The van der Waals surface area contributed by atoms with E-state index in [0.717, 1.165) is 22.5 Å². The van der Waals surface area contributed by atoms with Gasteiger partial charge in [0.05, 0.1) is 16.3 Å². The molecular weight excluding hydrogens is 601 g/mol. The van der Waals surface area contributed by atoms with Crippen LogP contribution in [0.4, 0.5) is 24.7 Å². The Bertz CT molecular complexity index is 1930. The quantitative estimate of drug-likeness (QED) is 0.193. The number of halogens is 3. The van der Waals surface area contributed by atoms with Gasteiger partial charge < -0.3 is 15.1 Å². The van der Waals surface area contributed by atoms with Crippen LogP contribution in [0.25, 0.3) is 21.9 Å². The Labute approximate surface area is 260 Å². The van der Waals surface area contributed by atoms with E-state index in [-0.39, 0.29) is 35.2 Å². The summed E-state index contributed by atoms with van der Waals surface area (Å²) in [6.07, 6.45) is -1.70. The van der Waals surface area contributed by atoms with Crippen molar-refractivity contribution in [2.75, 3.05) is 10.6 Å². The zero-order chi connectivity index (χ0) is 31.3. The molecular formula is C33H27F3N6O2S. The van der Waals surface area contributed by atoms with Gasteiger partial charge in [0.1, 0.15) is 21.9 Å². The van der Waals surface area contributed by atoms with Gasteiger partial charge in [-0.2, -0.15) is 13.2 Å². The van der Waals surface area contributed by atoms with Crippen molar-refractivity contribution >= 4 is 34.5 Å². The number of benzodiazepines with no additional fused rings is 1. The second kappa shape index (κ2) is 11.0. The molecule has 2 aromatic carbocycles.